The normalized spacial score (nSPS) is 14.9. The first kappa shape index (κ1) is 26.2. The van der Waals surface area contributed by atoms with E-state index in [0.29, 0.717) is 18.0 Å². The Morgan fingerprint density at radius 1 is 1.15 bits per heavy atom. The van der Waals surface area contributed by atoms with Crippen molar-refractivity contribution >= 4 is 22.4 Å². The molecule has 1 aliphatic rings. The van der Waals surface area contributed by atoms with Crippen molar-refractivity contribution in [3.63, 3.8) is 0 Å². The first-order valence-corrected chi connectivity index (χ1v) is 13.6. The summed E-state index contributed by atoms with van der Waals surface area (Å²) >= 11 is 0. The lowest BCUT2D eigenvalue weighted by Crippen LogP contribution is -2.20. The largest absolute Gasteiger partial charge is 0.398 e. The summed E-state index contributed by atoms with van der Waals surface area (Å²) in [6.07, 6.45) is 18.3. The second-order valence-electron chi connectivity index (χ2n) is 10.1. The van der Waals surface area contributed by atoms with E-state index in [0.717, 1.165) is 56.2 Å². The van der Waals surface area contributed by atoms with Crippen LogP contribution in [0.25, 0.3) is 27.9 Å². The summed E-state index contributed by atoms with van der Waals surface area (Å²) in [5, 5.41) is 3.53. The van der Waals surface area contributed by atoms with E-state index in [2.05, 4.69) is 57.7 Å². The molecule has 4 aromatic rings. The van der Waals surface area contributed by atoms with E-state index in [4.69, 9.17) is 10.7 Å². The maximum atomic E-state index is 6.43. The highest BCUT2D eigenvalue weighted by Gasteiger charge is 2.17. The first-order chi connectivity index (χ1) is 19.1. The lowest BCUT2D eigenvalue weighted by atomic mass is 9.87. The number of imidazole rings is 1. The number of allylic oxidation sites excluding steroid dienone is 5. The molecular weight excluding hydrogens is 480 g/mol. The summed E-state index contributed by atoms with van der Waals surface area (Å²) in [4.78, 5) is 17.0. The molecule has 3 heterocycles. The Balaban J connectivity index is 1.39. The van der Waals surface area contributed by atoms with Crippen molar-refractivity contribution in [1.29, 1.82) is 0 Å². The van der Waals surface area contributed by atoms with Crippen molar-refractivity contribution in [3.05, 3.63) is 115 Å². The van der Waals surface area contributed by atoms with Crippen LogP contribution < -0.4 is 11.1 Å². The zero-order valence-corrected chi connectivity index (χ0v) is 22.6. The third-order valence-corrected chi connectivity index (χ3v) is 7.49. The Morgan fingerprint density at radius 2 is 2.00 bits per heavy atom. The number of anilines is 1. The number of fused-ring (bicyclic) bond motifs is 1. The number of nitrogens with one attached hydrogen (secondary N) is 2. The number of benzene rings is 1. The van der Waals surface area contributed by atoms with Crippen LogP contribution in [-0.2, 0) is 6.42 Å². The van der Waals surface area contributed by atoms with Crippen molar-refractivity contribution in [1.82, 2.24) is 25.3 Å². The van der Waals surface area contributed by atoms with Crippen molar-refractivity contribution < 1.29 is 0 Å². The van der Waals surface area contributed by atoms with Gasteiger partial charge >= 0.3 is 0 Å². The Bertz CT molecular complexity index is 1540. The van der Waals surface area contributed by atoms with Gasteiger partial charge in [0.15, 0.2) is 5.65 Å². The van der Waals surface area contributed by atoms with Gasteiger partial charge in [-0.15, -0.1) is 0 Å². The topological polar surface area (TPSA) is 92.5 Å². The number of nitrogens with zero attached hydrogens (tertiary/aromatic N) is 3. The van der Waals surface area contributed by atoms with Crippen LogP contribution in [0.2, 0.25) is 0 Å². The number of H-pyrrole nitrogens is 1. The summed E-state index contributed by atoms with van der Waals surface area (Å²) in [5.74, 6) is 1.34. The minimum Gasteiger partial charge on any atom is -0.398 e. The van der Waals surface area contributed by atoms with Crippen LogP contribution in [0.3, 0.4) is 0 Å². The van der Waals surface area contributed by atoms with Gasteiger partial charge in [0.05, 0.1) is 5.52 Å². The molecule has 0 atom stereocenters. The van der Waals surface area contributed by atoms with Crippen LogP contribution >= 0.6 is 0 Å². The fourth-order valence-electron chi connectivity index (χ4n) is 5.31. The van der Waals surface area contributed by atoms with Gasteiger partial charge in [-0.25, -0.2) is 9.97 Å². The minimum absolute atomic E-state index is 0.524. The fraction of sp³-hybridized carbons (Fsp3) is 0.242. The summed E-state index contributed by atoms with van der Waals surface area (Å²) in [6, 6.07) is 12.1. The molecular formula is C33H36N6. The lowest BCUT2D eigenvalue weighted by Gasteiger charge is -2.25. The average Bonchev–Trinajstić information content (AvgIpc) is 3.40. The summed E-state index contributed by atoms with van der Waals surface area (Å²) in [6.45, 7) is 10.4. The number of rotatable bonds is 9. The van der Waals surface area contributed by atoms with E-state index >= 15 is 0 Å². The lowest BCUT2D eigenvalue weighted by molar-refractivity contribution is 0.393. The molecule has 0 saturated heterocycles. The number of hydrogen-bond donors (Lipinski definition) is 3. The Kier molecular flexibility index (Phi) is 8.02. The molecule has 0 radical (unpaired) electrons. The number of pyridine rings is 2. The van der Waals surface area contributed by atoms with Gasteiger partial charge in [-0.1, -0.05) is 50.6 Å². The molecule has 0 unspecified atom stereocenters. The SMILES string of the molecule is C=C/C(=C\C(=C/C)c1ccc(N)c(Cc2nc3nccc(-c4cccnc4)c3[nH]2)c1)NC(=C)C1CCCCC1. The van der Waals surface area contributed by atoms with Gasteiger partial charge < -0.3 is 16.0 Å². The molecule has 4 N–H and O–H groups in total. The van der Waals surface area contributed by atoms with E-state index in [1.807, 2.05) is 43.5 Å². The molecule has 0 spiro atoms. The smallest absolute Gasteiger partial charge is 0.178 e. The Labute approximate surface area is 230 Å². The predicted molar refractivity (Wildman–Crippen MR) is 162 cm³/mol. The molecule has 1 fully saturated rings. The number of aromatic nitrogens is 4. The molecule has 0 bridgehead atoms. The van der Waals surface area contributed by atoms with E-state index in [9.17, 15) is 0 Å². The van der Waals surface area contributed by atoms with Gasteiger partial charge in [-0.05, 0) is 78.8 Å². The number of nitrogens with two attached hydrogens (primary N) is 1. The van der Waals surface area contributed by atoms with Crippen molar-refractivity contribution in [2.75, 3.05) is 5.73 Å². The van der Waals surface area contributed by atoms with Gasteiger partial charge in [0.1, 0.15) is 5.82 Å². The second kappa shape index (κ2) is 11.9. The van der Waals surface area contributed by atoms with E-state index in [1.54, 1.807) is 12.4 Å². The van der Waals surface area contributed by atoms with E-state index < -0.39 is 0 Å². The van der Waals surface area contributed by atoms with Gasteiger partial charge in [0.25, 0.3) is 0 Å². The molecule has 198 valence electrons. The summed E-state index contributed by atoms with van der Waals surface area (Å²) in [5.41, 5.74) is 16.0. The van der Waals surface area contributed by atoms with Gasteiger partial charge in [0.2, 0.25) is 0 Å². The molecule has 6 nitrogen and oxygen atoms in total. The Morgan fingerprint density at radius 3 is 2.74 bits per heavy atom. The highest BCUT2D eigenvalue weighted by molar-refractivity contribution is 5.89. The van der Waals surface area contributed by atoms with Crippen molar-refractivity contribution in [3.8, 4) is 11.1 Å². The summed E-state index contributed by atoms with van der Waals surface area (Å²) in [7, 11) is 0. The standard InChI is InChI=1S/C33H36N6/c1-4-23(19-28(5-2)37-22(3)24-10-7-6-8-11-24)25-13-14-30(34)27(18-25)20-31-38-32-29(15-17-36-33(32)39-31)26-12-9-16-35-21-26/h4-5,9,12-19,21,24,37H,2-3,6-8,10-11,20,34H2,1H3,(H,36,38,39)/b23-4+,28-19+. The summed E-state index contributed by atoms with van der Waals surface area (Å²) < 4.78 is 0. The van der Waals surface area contributed by atoms with E-state index in [1.165, 1.54) is 32.1 Å². The second-order valence-corrected chi connectivity index (χ2v) is 10.1. The molecule has 6 heteroatoms. The van der Waals surface area contributed by atoms with Gasteiger partial charge in [0, 0.05) is 53.2 Å². The Hall–Kier alpha value is -4.45. The average molecular weight is 517 g/mol. The molecule has 0 aliphatic heterocycles. The third-order valence-electron chi connectivity index (χ3n) is 7.49. The zero-order chi connectivity index (χ0) is 27.2. The molecule has 1 saturated carbocycles. The van der Waals surface area contributed by atoms with Crippen molar-refractivity contribution in [2.24, 2.45) is 5.92 Å². The maximum Gasteiger partial charge on any atom is 0.178 e. The number of aromatic amines is 1. The molecule has 1 aromatic carbocycles. The van der Waals surface area contributed by atoms with Gasteiger partial charge in [-0.2, -0.15) is 0 Å². The molecule has 3 aromatic heterocycles. The molecule has 5 rings (SSSR count). The minimum atomic E-state index is 0.524. The number of hydrogen-bond acceptors (Lipinski definition) is 5. The fourth-order valence-corrected chi connectivity index (χ4v) is 5.31. The zero-order valence-electron chi connectivity index (χ0n) is 22.6. The predicted octanol–water partition coefficient (Wildman–Crippen LogP) is 7.35. The highest BCUT2D eigenvalue weighted by Crippen LogP contribution is 2.30. The molecule has 0 amide bonds. The number of nitrogen functional groups attached to an aromatic ring is 1. The highest BCUT2D eigenvalue weighted by atomic mass is 15.0. The maximum absolute atomic E-state index is 6.43. The van der Waals surface area contributed by atoms with Crippen LogP contribution in [0.1, 0.15) is 56.0 Å². The quantitative estimate of drug-likeness (QED) is 0.160. The monoisotopic (exact) mass is 516 g/mol. The van der Waals surface area contributed by atoms with E-state index in [-0.39, 0.29) is 0 Å². The van der Waals surface area contributed by atoms with Crippen LogP contribution in [0.5, 0.6) is 0 Å². The molecule has 39 heavy (non-hydrogen) atoms. The van der Waals surface area contributed by atoms with Crippen LogP contribution in [-0.4, -0.2) is 19.9 Å². The molecule has 1 aliphatic carbocycles. The van der Waals surface area contributed by atoms with Crippen LogP contribution in [0.15, 0.2) is 97.8 Å². The van der Waals surface area contributed by atoms with Gasteiger partial charge in [-0.3, -0.25) is 4.98 Å². The first-order valence-electron chi connectivity index (χ1n) is 13.6. The van der Waals surface area contributed by atoms with Crippen LogP contribution in [0, 0.1) is 5.92 Å². The van der Waals surface area contributed by atoms with Crippen molar-refractivity contribution in [2.45, 2.75) is 45.4 Å². The van der Waals surface area contributed by atoms with Crippen LogP contribution in [0.4, 0.5) is 5.69 Å². The third kappa shape index (κ3) is 6.01.